The lowest BCUT2D eigenvalue weighted by Crippen LogP contribution is -2.43. The number of carbonyl (C=O) groups is 3. The number of aliphatic carboxylic acids is 2. The topological polar surface area (TPSA) is 141 Å². The van der Waals surface area contributed by atoms with Gasteiger partial charge in [0.05, 0.1) is 19.4 Å². The zero-order chi connectivity index (χ0) is 14.2. The van der Waals surface area contributed by atoms with Crippen LogP contribution in [0.1, 0.15) is 25.7 Å². The predicted octanol–water partition coefficient (Wildman–Crippen LogP) is -1.02. The Morgan fingerprint density at radius 2 is 1.67 bits per heavy atom. The molecule has 0 saturated heterocycles. The van der Waals surface area contributed by atoms with Crippen molar-refractivity contribution in [3.05, 3.63) is 0 Å². The average molecular weight is 264 g/mol. The van der Waals surface area contributed by atoms with Gasteiger partial charge in [0.25, 0.3) is 0 Å². The van der Waals surface area contributed by atoms with Crippen molar-refractivity contribution < 1.29 is 39.5 Å². The largest absolute Gasteiger partial charge is 0.481 e. The van der Waals surface area contributed by atoms with Crippen molar-refractivity contribution in [1.29, 1.82) is 0 Å². The van der Waals surface area contributed by atoms with Crippen LogP contribution in [0.3, 0.4) is 0 Å². The van der Waals surface area contributed by atoms with Crippen LogP contribution < -0.4 is 0 Å². The SMILES string of the molecule is O=C(O)CC(O)(CC(=O)OCCCCO)C(=O)O. The number of hydrogen-bond donors (Lipinski definition) is 4. The smallest absolute Gasteiger partial charge is 0.336 e. The van der Waals surface area contributed by atoms with E-state index in [1.165, 1.54) is 0 Å². The van der Waals surface area contributed by atoms with Crippen molar-refractivity contribution in [3.63, 3.8) is 0 Å². The van der Waals surface area contributed by atoms with Crippen molar-refractivity contribution >= 4 is 17.9 Å². The van der Waals surface area contributed by atoms with Gasteiger partial charge in [0.15, 0.2) is 5.60 Å². The minimum absolute atomic E-state index is 0.0256. The Hall–Kier alpha value is -1.67. The molecular weight excluding hydrogens is 248 g/mol. The van der Waals surface area contributed by atoms with Crippen LogP contribution in [0.4, 0.5) is 0 Å². The van der Waals surface area contributed by atoms with E-state index < -0.39 is 36.4 Å². The molecule has 8 nitrogen and oxygen atoms in total. The highest BCUT2D eigenvalue weighted by atomic mass is 16.5. The van der Waals surface area contributed by atoms with Crippen LogP contribution in [0.15, 0.2) is 0 Å². The molecule has 1 unspecified atom stereocenters. The molecule has 0 bridgehead atoms. The second-order valence-corrected chi connectivity index (χ2v) is 3.74. The Labute approximate surface area is 103 Å². The first-order valence-corrected chi connectivity index (χ1v) is 5.26. The Morgan fingerprint density at radius 3 is 2.11 bits per heavy atom. The molecule has 18 heavy (non-hydrogen) atoms. The van der Waals surface area contributed by atoms with Crippen LogP contribution in [-0.2, 0) is 19.1 Å². The number of aliphatic hydroxyl groups is 2. The van der Waals surface area contributed by atoms with E-state index in [4.69, 9.17) is 15.3 Å². The summed E-state index contributed by atoms with van der Waals surface area (Å²) in [7, 11) is 0. The number of ether oxygens (including phenoxy) is 1. The number of esters is 1. The summed E-state index contributed by atoms with van der Waals surface area (Å²) in [5, 5.41) is 35.1. The fourth-order valence-corrected chi connectivity index (χ4v) is 1.15. The normalized spacial score (nSPS) is 13.7. The Kier molecular flexibility index (Phi) is 6.91. The first-order chi connectivity index (χ1) is 8.31. The van der Waals surface area contributed by atoms with Crippen molar-refractivity contribution in [2.24, 2.45) is 0 Å². The zero-order valence-electron chi connectivity index (χ0n) is 9.66. The monoisotopic (exact) mass is 264 g/mol. The fraction of sp³-hybridized carbons (Fsp3) is 0.700. The summed E-state index contributed by atoms with van der Waals surface area (Å²) >= 11 is 0. The lowest BCUT2D eigenvalue weighted by molar-refractivity contribution is -0.172. The average Bonchev–Trinajstić information content (AvgIpc) is 2.23. The molecule has 104 valence electrons. The van der Waals surface area contributed by atoms with Crippen molar-refractivity contribution in [2.75, 3.05) is 13.2 Å². The third-order valence-corrected chi connectivity index (χ3v) is 2.09. The first kappa shape index (κ1) is 16.3. The van der Waals surface area contributed by atoms with E-state index in [1.54, 1.807) is 0 Å². The molecule has 0 fully saturated rings. The first-order valence-electron chi connectivity index (χ1n) is 5.26. The second kappa shape index (κ2) is 7.62. The van der Waals surface area contributed by atoms with Gasteiger partial charge in [-0.3, -0.25) is 9.59 Å². The van der Waals surface area contributed by atoms with Crippen molar-refractivity contribution in [1.82, 2.24) is 0 Å². The van der Waals surface area contributed by atoms with E-state index in [1.807, 2.05) is 0 Å². The van der Waals surface area contributed by atoms with Crippen LogP contribution in [0, 0.1) is 0 Å². The summed E-state index contributed by atoms with van der Waals surface area (Å²) in [6, 6.07) is 0. The summed E-state index contributed by atoms with van der Waals surface area (Å²) in [4.78, 5) is 32.3. The van der Waals surface area contributed by atoms with E-state index in [9.17, 15) is 19.5 Å². The van der Waals surface area contributed by atoms with E-state index >= 15 is 0 Å². The standard InChI is InChI=1S/C10H16O8/c11-3-1-2-4-18-8(14)6-10(17,9(15)16)5-7(12)13/h11,17H,1-6H2,(H,12,13)(H,15,16). The molecule has 0 aromatic rings. The molecule has 4 N–H and O–H groups in total. The van der Waals surface area contributed by atoms with Crippen LogP contribution in [0.2, 0.25) is 0 Å². The second-order valence-electron chi connectivity index (χ2n) is 3.74. The number of rotatable bonds is 9. The fourth-order valence-electron chi connectivity index (χ4n) is 1.15. The van der Waals surface area contributed by atoms with Crippen LogP contribution in [0.5, 0.6) is 0 Å². The molecule has 0 spiro atoms. The van der Waals surface area contributed by atoms with E-state index in [0.717, 1.165) is 0 Å². The van der Waals surface area contributed by atoms with Gasteiger partial charge in [0.2, 0.25) is 0 Å². The molecule has 0 aliphatic heterocycles. The number of carboxylic acids is 2. The van der Waals surface area contributed by atoms with Gasteiger partial charge >= 0.3 is 17.9 Å². The molecule has 8 heteroatoms. The van der Waals surface area contributed by atoms with Crippen LogP contribution in [-0.4, -0.2) is 57.1 Å². The van der Waals surface area contributed by atoms with Gasteiger partial charge in [-0.05, 0) is 12.8 Å². The number of aliphatic hydroxyl groups excluding tert-OH is 1. The van der Waals surface area contributed by atoms with Gasteiger partial charge in [-0.1, -0.05) is 0 Å². The molecule has 0 heterocycles. The lowest BCUT2D eigenvalue weighted by atomic mass is 9.96. The maximum Gasteiger partial charge on any atom is 0.336 e. The minimum Gasteiger partial charge on any atom is -0.481 e. The van der Waals surface area contributed by atoms with Crippen LogP contribution >= 0.6 is 0 Å². The lowest BCUT2D eigenvalue weighted by Gasteiger charge is -2.20. The molecule has 0 aliphatic carbocycles. The number of hydrogen-bond acceptors (Lipinski definition) is 6. The van der Waals surface area contributed by atoms with E-state index in [0.29, 0.717) is 12.8 Å². The molecule has 0 aliphatic rings. The van der Waals surface area contributed by atoms with Gasteiger partial charge in [-0.15, -0.1) is 0 Å². The zero-order valence-corrected chi connectivity index (χ0v) is 9.66. The summed E-state index contributed by atoms with van der Waals surface area (Å²) in [5.41, 5.74) is -2.67. The maximum absolute atomic E-state index is 11.2. The maximum atomic E-state index is 11.2. The minimum atomic E-state index is -2.67. The number of carboxylic acid groups (broad SMARTS) is 2. The van der Waals surface area contributed by atoms with Crippen LogP contribution in [0.25, 0.3) is 0 Å². The Bertz CT molecular complexity index is 313. The number of carbonyl (C=O) groups excluding carboxylic acids is 1. The number of unbranched alkanes of at least 4 members (excludes halogenated alkanes) is 1. The third kappa shape index (κ3) is 6.16. The molecule has 0 radical (unpaired) electrons. The molecule has 1 atom stereocenters. The predicted molar refractivity (Wildman–Crippen MR) is 56.7 cm³/mol. The highest BCUT2D eigenvalue weighted by Crippen LogP contribution is 2.17. The quantitative estimate of drug-likeness (QED) is 0.306. The van der Waals surface area contributed by atoms with Gasteiger partial charge < -0.3 is 25.2 Å². The summed E-state index contributed by atoms with van der Waals surface area (Å²) in [6.45, 7) is -0.0855. The van der Waals surface area contributed by atoms with E-state index in [-0.39, 0.29) is 13.2 Å². The van der Waals surface area contributed by atoms with Crippen molar-refractivity contribution in [3.8, 4) is 0 Å². The summed E-state index contributed by atoms with van der Waals surface area (Å²) < 4.78 is 4.61. The van der Waals surface area contributed by atoms with Gasteiger partial charge in [0.1, 0.15) is 0 Å². The third-order valence-electron chi connectivity index (χ3n) is 2.09. The van der Waals surface area contributed by atoms with E-state index in [2.05, 4.69) is 4.74 Å². The van der Waals surface area contributed by atoms with Gasteiger partial charge in [-0.2, -0.15) is 0 Å². The molecular formula is C10H16O8. The van der Waals surface area contributed by atoms with Gasteiger partial charge in [-0.25, -0.2) is 4.79 Å². The van der Waals surface area contributed by atoms with Gasteiger partial charge in [0, 0.05) is 6.61 Å². The summed E-state index contributed by atoms with van der Waals surface area (Å²) in [6.07, 6.45) is -1.21. The summed E-state index contributed by atoms with van der Waals surface area (Å²) in [5.74, 6) is -4.33. The highest BCUT2D eigenvalue weighted by molar-refractivity contribution is 5.88. The Morgan fingerprint density at radius 1 is 1.06 bits per heavy atom. The molecule has 0 aromatic heterocycles. The highest BCUT2D eigenvalue weighted by Gasteiger charge is 2.41. The molecule has 0 aromatic carbocycles. The molecule has 0 saturated carbocycles. The molecule has 0 rings (SSSR count). The van der Waals surface area contributed by atoms with Crippen molar-refractivity contribution in [2.45, 2.75) is 31.3 Å². The molecule has 0 amide bonds. The Balaban J connectivity index is 4.28.